The van der Waals surface area contributed by atoms with Crippen molar-refractivity contribution in [2.24, 2.45) is 0 Å². The van der Waals surface area contributed by atoms with Crippen molar-refractivity contribution in [2.45, 2.75) is 26.2 Å². The molecule has 0 aliphatic carbocycles. The summed E-state index contributed by atoms with van der Waals surface area (Å²) in [5.41, 5.74) is 2.65. The molecule has 4 rings (SSSR count). The van der Waals surface area contributed by atoms with Crippen LogP contribution in [0.5, 0.6) is 0 Å². The number of fused-ring (bicyclic) bond motifs is 1. The Bertz CT molecular complexity index is 1050. The average molecular weight is 495 g/mol. The van der Waals surface area contributed by atoms with Crippen molar-refractivity contribution < 1.29 is 0 Å². The molecule has 1 heterocycles. The standard InChI is InChI=1S/C25H23NSe2/c1-2-3-16-22-24(27-19-12-6-4-7-13-19)21-17-10-11-18-23(21)26-25(22)28-20-14-8-5-9-15-20/h4-15,17-18H,2-3,16H2,1H3. The van der Waals surface area contributed by atoms with Crippen LogP contribution in [0.4, 0.5) is 0 Å². The zero-order valence-corrected chi connectivity index (χ0v) is 19.4. The van der Waals surface area contributed by atoms with Gasteiger partial charge in [0.2, 0.25) is 0 Å². The van der Waals surface area contributed by atoms with Gasteiger partial charge in [-0.15, -0.1) is 0 Å². The van der Waals surface area contributed by atoms with Crippen LogP contribution in [0.2, 0.25) is 0 Å². The van der Waals surface area contributed by atoms with Gasteiger partial charge in [0.15, 0.2) is 0 Å². The van der Waals surface area contributed by atoms with E-state index in [0.717, 1.165) is 11.9 Å². The van der Waals surface area contributed by atoms with Crippen molar-refractivity contribution in [1.29, 1.82) is 0 Å². The second kappa shape index (κ2) is 9.54. The first-order chi connectivity index (χ1) is 13.8. The summed E-state index contributed by atoms with van der Waals surface area (Å²) < 4.78 is 5.68. The molecular formula is C25H23NSe2. The van der Waals surface area contributed by atoms with Gasteiger partial charge in [-0.25, -0.2) is 0 Å². The molecule has 0 radical (unpaired) electrons. The third-order valence-corrected chi connectivity index (χ3v) is 9.26. The molecule has 3 heteroatoms. The van der Waals surface area contributed by atoms with Crippen LogP contribution in [0.15, 0.2) is 84.9 Å². The van der Waals surface area contributed by atoms with E-state index in [1.165, 1.54) is 41.8 Å². The van der Waals surface area contributed by atoms with Crippen LogP contribution in [0, 0.1) is 0 Å². The fourth-order valence-corrected chi connectivity index (χ4v) is 7.96. The molecular weight excluding hydrogens is 472 g/mol. The van der Waals surface area contributed by atoms with Crippen LogP contribution in [0.25, 0.3) is 10.9 Å². The van der Waals surface area contributed by atoms with Gasteiger partial charge in [0.05, 0.1) is 0 Å². The number of unbranched alkanes of at least 4 members (excludes halogenated alkanes) is 1. The molecule has 0 saturated heterocycles. The molecule has 28 heavy (non-hydrogen) atoms. The second-order valence-corrected chi connectivity index (χ2v) is 11.2. The topological polar surface area (TPSA) is 12.9 Å². The van der Waals surface area contributed by atoms with Crippen molar-refractivity contribution in [3.8, 4) is 0 Å². The Kier molecular flexibility index (Phi) is 6.62. The minimum absolute atomic E-state index is 0.232. The second-order valence-electron chi connectivity index (χ2n) is 6.68. The van der Waals surface area contributed by atoms with Gasteiger partial charge in [-0.05, 0) is 0 Å². The Balaban J connectivity index is 1.87. The maximum absolute atomic E-state index is 5.16. The molecule has 0 atom stereocenters. The summed E-state index contributed by atoms with van der Waals surface area (Å²) in [6.45, 7) is 2.28. The predicted molar refractivity (Wildman–Crippen MR) is 123 cm³/mol. The van der Waals surface area contributed by atoms with Crippen LogP contribution >= 0.6 is 0 Å². The molecule has 0 unspecified atom stereocenters. The third-order valence-electron chi connectivity index (χ3n) is 4.60. The summed E-state index contributed by atoms with van der Waals surface area (Å²) >= 11 is 0.518. The molecule has 0 aliphatic rings. The molecule has 0 fully saturated rings. The Labute approximate surface area is 179 Å². The molecule has 0 amide bonds. The van der Waals surface area contributed by atoms with E-state index >= 15 is 0 Å². The molecule has 0 bridgehead atoms. The number of rotatable bonds is 7. The summed E-state index contributed by atoms with van der Waals surface area (Å²) in [5.74, 6) is 0. The number of pyridine rings is 1. The van der Waals surface area contributed by atoms with Gasteiger partial charge < -0.3 is 0 Å². The first-order valence-electron chi connectivity index (χ1n) is 9.72. The normalized spacial score (nSPS) is 11.0. The molecule has 140 valence electrons. The first kappa shape index (κ1) is 19.4. The third kappa shape index (κ3) is 4.56. The van der Waals surface area contributed by atoms with E-state index in [-0.39, 0.29) is 29.9 Å². The molecule has 0 saturated carbocycles. The van der Waals surface area contributed by atoms with Crippen molar-refractivity contribution in [3.63, 3.8) is 0 Å². The van der Waals surface area contributed by atoms with E-state index in [2.05, 4.69) is 91.9 Å². The van der Waals surface area contributed by atoms with E-state index in [0.29, 0.717) is 0 Å². The number of para-hydroxylation sites is 1. The summed E-state index contributed by atoms with van der Waals surface area (Å²) in [6.07, 6.45) is 3.56. The summed E-state index contributed by atoms with van der Waals surface area (Å²) in [7, 11) is 0. The minimum atomic E-state index is 0.232. The van der Waals surface area contributed by atoms with Crippen LogP contribution < -0.4 is 18.0 Å². The fraction of sp³-hybridized carbons (Fsp3) is 0.160. The zero-order valence-electron chi connectivity index (χ0n) is 16.0. The fourth-order valence-electron chi connectivity index (χ4n) is 3.18. The first-order valence-corrected chi connectivity index (χ1v) is 13.1. The van der Waals surface area contributed by atoms with Gasteiger partial charge >= 0.3 is 180 Å². The van der Waals surface area contributed by atoms with Crippen molar-refractivity contribution in [2.75, 3.05) is 0 Å². The summed E-state index contributed by atoms with van der Waals surface area (Å²) in [4.78, 5) is 5.16. The van der Waals surface area contributed by atoms with E-state index < -0.39 is 0 Å². The Morgan fingerprint density at radius 2 is 1.32 bits per heavy atom. The van der Waals surface area contributed by atoms with Gasteiger partial charge in [-0.1, -0.05) is 0 Å². The average Bonchev–Trinajstić information content (AvgIpc) is 2.75. The monoisotopic (exact) mass is 497 g/mol. The Hall–Kier alpha value is -1.89. The maximum atomic E-state index is 5.16. The van der Waals surface area contributed by atoms with Gasteiger partial charge in [-0.2, -0.15) is 0 Å². The van der Waals surface area contributed by atoms with E-state index in [1.54, 1.807) is 0 Å². The van der Waals surface area contributed by atoms with Crippen molar-refractivity contribution in [1.82, 2.24) is 4.98 Å². The van der Waals surface area contributed by atoms with Crippen molar-refractivity contribution >= 4 is 58.8 Å². The number of aromatic nitrogens is 1. The Morgan fingerprint density at radius 3 is 2.00 bits per heavy atom. The van der Waals surface area contributed by atoms with Gasteiger partial charge in [0.25, 0.3) is 0 Å². The summed E-state index contributed by atoms with van der Waals surface area (Å²) in [5, 5.41) is 1.34. The molecule has 0 spiro atoms. The van der Waals surface area contributed by atoms with Gasteiger partial charge in [0.1, 0.15) is 0 Å². The van der Waals surface area contributed by atoms with Crippen LogP contribution in [0.1, 0.15) is 25.3 Å². The summed E-state index contributed by atoms with van der Waals surface area (Å²) in [6, 6.07) is 30.5. The molecule has 1 nitrogen and oxygen atoms in total. The number of hydrogen-bond donors (Lipinski definition) is 0. The Morgan fingerprint density at radius 1 is 0.714 bits per heavy atom. The molecule has 1 aromatic heterocycles. The molecule has 0 aliphatic heterocycles. The quantitative estimate of drug-likeness (QED) is 0.360. The number of hydrogen-bond acceptors (Lipinski definition) is 1. The van der Waals surface area contributed by atoms with Gasteiger partial charge in [0, 0.05) is 0 Å². The van der Waals surface area contributed by atoms with E-state index in [9.17, 15) is 0 Å². The molecule has 4 aromatic rings. The SMILES string of the molecule is CCCCc1c([Se]c2ccccc2)nc2ccccc2c1[Se]c1ccccc1. The predicted octanol–water partition coefficient (Wildman–Crippen LogP) is 2.89. The van der Waals surface area contributed by atoms with E-state index in [1.807, 2.05) is 0 Å². The van der Waals surface area contributed by atoms with E-state index in [4.69, 9.17) is 4.98 Å². The van der Waals surface area contributed by atoms with Gasteiger partial charge in [-0.3, -0.25) is 0 Å². The van der Waals surface area contributed by atoms with Crippen molar-refractivity contribution in [3.05, 3.63) is 90.5 Å². The van der Waals surface area contributed by atoms with Crippen LogP contribution in [-0.4, -0.2) is 34.9 Å². The molecule has 0 N–H and O–H groups in total. The van der Waals surface area contributed by atoms with Crippen LogP contribution in [0.3, 0.4) is 0 Å². The number of benzene rings is 3. The zero-order chi connectivity index (χ0) is 19.2. The van der Waals surface area contributed by atoms with Crippen LogP contribution in [-0.2, 0) is 6.42 Å². The number of nitrogens with zero attached hydrogens (tertiary/aromatic N) is 1. The molecule has 3 aromatic carbocycles.